The van der Waals surface area contributed by atoms with Crippen LogP contribution < -0.4 is 5.01 Å². The zero-order valence-electron chi connectivity index (χ0n) is 13.0. The number of rotatable bonds is 5. The standard InChI is InChI=1S/C18H22N2O2/c1-13-17(16(21)12-11-14-7-5-6-8-14)18(22)20(19-13)15-9-3-2-4-10-15/h2-4,9-10,14,17H,5-8,11-12H2,1H3. The molecule has 1 heterocycles. The number of carbonyl (C=O) groups excluding carboxylic acids is 2. The minimum Gasteiger partial charge on any atom is -0.298 e. The Morgan fingerprint density at radius 1 is 1.23 bits per heavy atom. The zero-order chi connectivity index (χ0) is 15.5. The smallest absolute Gasteiger partial charge is 0.263 e. The number of anilines is 1. The van der Waals surface area contributed by atoms with Gasteiger partial charge in [0.1, 0.15) is 5.92 Å². The highest BCUT2D eigenvalue weighted by atomic mass is 16.2. The predicted octanol–water partition coefficient (Wildman–Crippen LogP) is 3.56. The van der Waals surface area contributed by atoms with Crippen LogP contribution >= 0.6 is 0 Å². The Bertz CT molecular complexity index is 588. The maximum Gasteiger partial charge on any atom is 0.263 e. The van der Waals surface area contributed by atoms with Crippen molar-refractivity contribution >= 4 is 23.1 Å². The average Bonchev–Trinajstić information content (AvgIpc) is 3.14. The summed E-state index contributed by atoms with van der Waals surface area (Å²) in [6.45, 7) is 1.78. The van der Waals surface area contributed by atoms with Gasteiger partial charge in [-0.05, 0) is 31.4 Å². The van der Waals surface area contributed by atoms with E-state index >= 15 is 0 Å². The van der Waals surface area contributed by atoms with E-state index in [1.807, 2.05) is 30.3 Å². The molecule has 1 atom stereocenters. The van der Waals surface area contributed by atoms with E-state index in [4.69, 9.17) is 0 Å². The third kappa shape index (κ3) is 2.96. The molecule has 1 aliphatic heterocycles. The molecule has 1 amide bonds. The van der Waals surface area contributed by atoms with E-state index < -0.39 is 5.92 Å². The molecule has 0 bridgehead atoms. The Labute approximate surface area is 131 Å². The van der Waals surface area contributed by atoms with Gasteiger partial charge in [0.2, 0.25) is 0 Å². The number of hydrogen-bond donors (Lipinski definition) is 0. The molecule has 0 radical (unpaired) electrons. The lowest BCUT2D eigenvalue weighted by Gasteiger charge is -2.14. The van der Waals surface area contributed by atoms with E-state index in [1.54, 1.807) is 6.92 Å². The maximum atomic E-state index is 12.5. The fourth-order valence-electron chi connectivity index (χ4n) is 3.48. The number of hydrazone groups is 1. The first-order chi connectivity index (χ1) is 10.7. The second-order valence-electron chi connectivity index (χ2n) is 6.32. The number of nitrogens with zero attached hydrogens (tertiary/aromatic N) is 2. The van der Waals surface area contributed by atoms with Crippen LogP contribution in [0.3, 0.4) is 0 Å². The van der Waals surface area contributed by atoms with E-state index in [0.29, 0.717) is 18.1 Å². The average molecular weight is 298 g/mol. The first kappa shape index (κ1) is 14.9. The molecule has 116 valence electrons. The zero-order valence-corrected chi connectivity index (χ0v) is 13.0. The Balaban J connectivity index is 1.65. The number of benzene rings is 1. The summed E-state index contributed by atoms with van der Waals surface area (Å²) in [6.07, 6.45) is 6.44. The normalized spacial score (nSPS) is 22.2. The minimum absolute atomic E-state index is 0.0246. The predicted molar refractivity (Wildman–Crippen MR) is 86.7 cm³/mol. The van der Waals surface area contributed by atoms with Gasteiger partial charge in [0.25, 0.3) is 5.91 Å². The molecule has 3 rings (SSSR count). The summed E-state index contributed by atoms with van der Waals surface area (Å²) in [7, 11) is 0. The molecule has 0 aromatic heterocycles. The van der Waals surface area contributed by atoms with Gasteiger partial charge in [-0.15, -0.1) is 0 Å². The van der Waals surface area contributed by atoms with Crippen molar-refractivity contribution in [2.24, 2.45) is 16.9 Å². The fraction of sp³-hybridized carbons (Fsp3) is 0.500. The fourth-order valence-corrected chi connectivity index (χ4v) is 3.48. The molecule has 1 aromatic carbocycles. The third-order valence-electron chi connectivity index (χ3n) is 4.73. The molecule has 1 unspecified atom stereocenters. The van der Waals surface area contributed by atoms with Crippen LogP contribution in [0.2, 0.25) is 0 Å². The Morgan fingerprint density at radius 3 is 2.59 bits per heavy atom. The molecule has 1 aliphatic carbocycles. The number of hydrogen-bond acceptors (Lipinski definition) is 3. The summed E-state index contributed by atoms with van der Waals surface area (Å²) in [5.74, 6) is -0.193. The van der Waals surface area contributed by atoms with Crippen LogP contribution in [-0.2, 0) is 9.59 Å². The largest absolute Gasteiger partial charge is 0.298 e. The Morgan fingerprint density at radius 2 is 1.91 bits per heavy atom. The highest BCUT2D eigenvalue weighted by Crippen LogP contribution is 2.30. The lowest BCUT2D eigenvalue weighted by atomic mass is 9.92. The monoisotopic (exact) mass is 298 g/mol. The molecule has 4 nitrogen and oxygen atoms in total. The van der Waals surface area contributed by atoms with Crippen molar-refractivity contribution in [3.05, 3.63) is 30.3 Å². The molecule has 1 aromatic rings. The van der Waals surface area contributed by atoms with Gasteiger partial charge in [0.15, 0.2) is 5.78 Å². The van der Waals surface area contributed by atoms with Gasteiger partial charge in [0, 0.05) is 6.42 Å². The molecule has 4 heteroatoms. The van der Waals surface area contributed by atoms with Crippen LogP contribution in [0.5, 0.6) is 0 Å². The van der Waals surface area contributed by atoms with E-state index in [1.165, 1.54) is 30.7 Å². The van der Waals surface area contributed by atoms with Crippen LogP contribution in [0.15, 0.2) is 35.4 Å². The summed E-state index contributed by atoms with van der Waals surface area (Å²) in [5, 5.41) is 5.67. The molecule has 0 N–H and O–H groups in total. The highest BCUT2D eigenvalue weighted by Gasteiger charge is 2.39. The van der Waals surface area contributed by atoms with Crippen molar-refractivity contribution in [1.82, 2.24) is 0 Å². The van der Waals surface area contributed by atoms with Crippen LogP contribution in [0.1, 0.15) is 45.4 Å². The summed E-state index contributed by atoms with van der Waals surface area (Å²) in [5.41, 5.74) is 1.34. The number of para-hydroxylation sites is 1. The van der Waals surface area contributed by atoms with E-state index in [9.17, 15) is 9.59 Å². The lowest BCUT2D eigenvalue weighted by molar-refractivity contribution is -0.129. The first-order valence-corrected chi connectivity index (χ1v) is 8.13. The molecule has 22 heavy (non-hydrogen) atoms. The van der Waals surface area contributed by atoms with Crippen LogP contribution in [0, 0.1) is 11.8 Å². The van der Waals surface area contributed by atoms with Crippen molar-refractivity contribution in [3.63, 3.8) is 0 Å². The van der Waals surface area contributed by atoms with Gasteiger partial charge >= 0.3 is 0 Å². The van der Waals surface area contributed by atoms with Crippen molar-refractivity contribution in [2.45, 2.75) is 45.4 Å². The highest BCUT2D eigenvalue weighted by molar-refractivity contribution is 6.26. The SMILES string of the molecule is CC1=NN(c2ccccc2)C(=O)C1C(=O)CCC1CCCC1. The van der Waals surface area contributed by atoms with Crippen molar-refractivity contribution in [1.29, 1.82) is 0 Å². The van der Waals surface area contributed by atoms with Gasteiger partial charge in [-0.2, -0.15) is 10.1 Å². The molecule has 1 saturated carbocycles. The summed E-state index contributed by atoms with van der Waals surface area (Å²) < 4.78 is 0. The van der Waals surface area contributed by atoms with E-state index in [2.05, 4.69) is 5.10 Å². The van der Waals surface area contributed by atoms with Crippen LogP contribution in [0.25, 0.3) is 0 Å². The molecule has 1 fully saturated rings. The Kier molecular flexibility index (Phi) is 4.36. The van der Waals surface area contributed by atoms with Crippen molar-refractivity contribution in [2.75, 3.05) is 5.01 Å². The second-order valence-corrected chi connectivity index (χ2v) is 6.32. The lowest BCUT2D eigenvalue weighted by Crippen LogP contribution is -2.32. The van der Waals surface area contributed by atoms with Crippen LogP contribution in [-0.4, -0.2) is 17.4 Å². The van der Waals surface area contributed by atoms with Gasteiger partial charge < -0.3 is 0 Å². The number of ketones is 1. The van der Waals surface area contributed by atoms with Crippen molar-refractivity contribution in [3.8, 4) is 0 Å². The summed E-state index contributed by atoms with van der Waals surface area (Å²) in [6, 6.07) is 9.29. The van der Waals surface area contributed by atoms with Crippen LogP contribution in [0.4, 0.5) is 5.69 Å². The number of Topliss-reactive ketones (excluding diaryl/α,β-unsaturated/α-hetero) is 1. The maximum absolute atomic E-state index is 12.5. The number of amides is 1. The molecule has 0 spiro atoms. The summed E-state index contributed by atoms with van der Waals surface area (Å²) >= 11 is 0. The van der Waals surface area contributed by atoms with E-state index in [0.717, 1.165) is 12.1 Å². The molecular formula is C18H22N2O2. The molecular weight excluding hydrogens is 276 g/mol. The second kappa shape index (κ2) is 6.42. The van der Waals surface area contributed by atoms with Gasteiger partial charge in [-0.25, -0.2) is 0 Å². The molecule has 0 saturated heterocycles. The number of carbonyl (C=O) groups is 2. The van der Waals surface area contributed by atoms with Gasteiger partial charge in [-0.1, -0.05) is 43.9 Å². The first-order valence-electron chi connectivity index (χ1n) is 8.13. The van der Waals surface area contributed by atoms with Crippen molar-refractivity contribution < 1.29 is 9.59 Å². The van der Waals surface area contributed by atoms with Gasteiger partial charge in [-0.3, -0.25) is 9.59 Å². The summed E-state index contributed by atoms with van der Waals surface area (Å²) in [4.78, 5) is 25.0. The third-order valence-corrected chi connectivity index (χ3v) is 4.73. The Hall–Kier alpha value is -1.97. The van der Waals surface area contributed by atoms with Gasteiger partial charge in [0.05, 0.1) is 11.4 Å². The molecule has 2 aliphatic rings. The van der Waals surface area contributed by atoms with E-state index in [-0.39, 0.29) is 11.7 Å². The quantitative estimate of drug-likeness (QED) is 0.780. The minimum atomic E-state index is -0.679. The topological polar surface area (TPSA) is 49.7 Å².